The molecule has 1 amide bonds. The Balaban J connectivity index is 1.87. The maximum atomic E-state index is 11.9. The number of anilines is 1. The van der Waals surface area contributed by atoms with E-state index in [0.29, 0.717) is 23.6 Å². The standard InChI is InChI=1S/C14H19N3O2S/c1-14(19)6-7-17(9-14)8-12(18)16-11-4-2-10(3-5-11)13(15)20/h2-5,19H,6-9H2,1H3,(H2,15,20)(H,16,18). The van der Waals surface area contributed by atoms with Crippen molar-refractivity contribution in [2.45, 2.75) is 18.9 Å². The van der Waals surface area contributed by atoms with E-state index in [9.17, 15) is 9.90 Å². The summed E-state index contributed by atoms with van der Waals surface area (Å²) in [6.07, 6.45) is 0.697. The van der Waals surface area contributed by atoms with E-state index in [4.69, 9.17) is 18.0 Å². The van der Waals surface area contributed by atoms with Gasteiger partial charge in [0.2, 0.25) is 5.91 Å². The molecule has 4 N–H and O–H groups in total. The third-order valence-corrected chi connectivity index (χ3v) is 3.59. The van der Waals surface area contributed by atoms with Gasteiger partial charge < -0.3 is 16.2 Å². The Labute approximate surface area is 123 Å². The summed E-state index contributed by atoms with van der Waals surface area (Å²) in [5, 5.41) is 12.7. The summed E-state index contributed by atoms with van der Waals surface area (Å²) in [4.78, 5) is 14.2. The van der Waals surface area contributed by atoms with Crippen molar-refractivity contribution in [2.24, 2.45) is 5.73 Å². The second-order valence-corrected chi connectivity index (χ2v) is 5.89. The minimum atomic E-state index is -0.682. The third kappa shape index (κ3) is 4.00. The number of nitrogens with two attached hydrogens (primary N) is 1. The van der Waals surface area contributed by atoms with Crippen LogP contribution in [-0.2, 0) is 4.79 Å². The van der Waals surface area contributed by atoms with Gasteiger partial charge in [0.05, 0.1) is 12.1 Å². The number of nitrogens with one attached hydrogen (secondary N) is 1. The van der Waals surface area contributed by atoms with Gasteiger partial charge in [0.25, 0.3) is 0 Å². The first-order valence-electron chi connectivity index (χ1n) is 6.50. The zero-order valence-corrected chi connectivity index (χ0v) is 12.2. The second kappa shape index (κ2) is 5.87. The number of hydrogen-bond donors (Lipinski definition) is 3. The maximum Gasteiger partial charge on any atom is 0.238 e. The van der Waals surface area contributed by atoms with Crippen molar-refractivity contribution in [3.63, 3.8) is 0 Å². The number of hydrogen-bond acceptors (Lipinski definition) is 4. The van der Waals surface area contributed by atoms with Crippen LogP contribution in [0.5, 0.6) is 0 Å². The van der Waals surface area contributed by atoms with Gasteiger partial charge in [0.1, 0.15) is 4.99 Å². The van der Waals surface area contributed by atoms with Crippen LogP contribution in [0.3, 0.4) is 0 Å². The molecule has 1 fully saturated rings. The lowest BCUT2D eigenvalue weighted by atomic mass is 10.1. The van der Waals surface area contributed by atoms with Crippen molar-refractivity contribution < 1.29 is 9.90 Å². The Bertz CT molecular complexity index is 514. The van der Waals surface area contributed by atoms with E-state index >= 15 is 0 Å². The van der Waals surface area contributed by atoms with Crippen molar-refractivity contribution in [1.29, 1.82) is 0 Å². The number of carbonyl (C=O) groups excluding carboxylic acids is 1. The van der Waals surface area contributed by atoms with E-state index in [1.54, 1.807) is 31.2 Å². The maximum absolute atomic E-state index is 11.9. The molecule has 1 saturated heterocycles. The van der Waals surface area contributed by atoms with Crippen molar-refractivity contribution in [1.82, 2.24) is 4.90 Å². The predicted molar refractivity (Wildman–Crippen MR) is 82.6 cm³/mol. The highest BCUT2D eigenvalue weighted by atomic mass is 32.1. The van der Waals surface area contributed by atoms with Crippen molar-refractivity contribution in [3.8, 4) is 0 Å². The molecule has 0 radical (unpaired) electrons. The molecule has 1 aromatic rings. The van der Waals surface area contributed by atoms with Crippen LogP contribution in [0.1, 0.15) is 18.9 Å². The highest BCUT2D eigenvalue weighted by molar-refractivity contribution is 7.80. The predicted octanol–water partition coefficient (Wildman–Crippen LogP) is 0.716. The number of carbonyl (C=O) groups is 1. The first-order chi connectivity index (χ1) is 9.35. The van der Waals surface area contributed by atoms with Gasteiger partial charge in [0.15, 0.2) is 0 Å². The number of benzene rings is 1. The third-order valence-electron chi connectivity index (χ3n) is 3.35. The summed E-state index contributed by atoms with van der Waals surface area (Å²) < 4.78 is 0. The van der Waals surface area contributed by atoms with Crippen molar-refractivity contribution >= 4 is 28.8 Å². The molecule has 2 rings (SSSR count). The summed E-state index contributed by atoms with van der Waals surface area (Å²) in [5.74, 6) is -0.0919. The Hall–Kier alpha value is -1.50. The first-order valence-corrected chi connectivity index (χ1v) is 6.91. The van der Waals surface area contributed by atoms with Gasteiger partial charge in [-0.1, -0.05) is 12.2 Å². The number of thiocarbonyl (C=S) groups is 1. The van der Waals surface area contributed by atoms with Crippen LogP contribution >= 0.6 is 12.2 Å². The molecular formula is C14H19N3O2S. The fraction of sp³-hybridized carbons (Fsp3) is 0.429. The monoisotopic (exact) mass is 293 g/mol. The summed E-state index contributed by atoms with van der Waals surface area (Å²) in [6, 6.07) is 7.09. The lowest BCUT2D eigenvalue weighted by molar-refractivity contribution is -0.117. The average molecular weight is 293 g/mol. The Morgan fingerprint density at radius 2 is 2.15 bits per heavy atom. The molecule has 1 unspecified atom stereocenters. The molecule has 108 valence electrons. The minimum absolute atomic E-state index is 0.0919. The Morgan fingerprint density at radius 3 is 2.65 bits per heavy atom. The molecule has 1 atom stereocenters. The molecule has 0 aliphatic carbocycles. The van der Waals surface area contributed by atoms with Gasteiger partial charge >= 0.3 is 0 Å². The summed E-state index contributed by atoms with van der Waals surface area (Å²) in [7, 11) is 0. The van der Waals surface area contributed by atoms with E-state index in [-0.39, 0.29) is 12.5 Å². The van der Waals surface area contributed by atoms with Gasteiger partial charge in [-0.05, 0) is 37.6 Å². The number of β-amino-alcohol motifs (C(OH)–C–C–N with tert-alkyl or cyclic N) is 1. The largest absolute Gasteiger partial charge is 0.389 e. The quantitative estimate of drug-likeness (QED) is 0.713. The second-order valence-electron chi connectivity index (χ2n) is 5.45. The molecule has 0 bridgehead atoms. The molecule has 1 aliphatic rings. The van der Waals surface area contributed by atoms with E-state index in [1.807, 2.05) is 4.90 Å². The molecule has 20 heavy (non-hydrogen) atoms. The molecule has 1 heterocycles. The Kier molecular flexibility index (Phi) is 4.37. The topological polar surface area (TPSA) is 78.6 Å². The molecule has 5 nitrogen and oxygen atoms in total. The van der Waals surface area contributed by atoms with Crippen LogP contribution in [0, 0.1) is 0 Å². The zero-order chi connectivity index (χ0) is 14.8. The number of likely N-dealkylation sites (tertiary alicyclic amines) is 1. The minimum Gasteiger partial charge on any atom is -0.389 e. The molecule has 0 saturated carbocycles. The zero-order valence-electron chi connectivity index (χ0n) is 11.4. The van der Waals surface area contributed by atoms with E-state index < -0.39 is 5.60 Å². The van der Waals surface area contributed by atoms with E-state index in [0.717, 1.165) is 12.1 Å². The van der Waals surface area contributed by atoms with Crippen molar-refractivity contribution in [3.05, 3.63) is 29.8 Å². The van der Waals surface area contributed by atoms with Crippen molar-refractivity contribution in [2.75, 3.05) is 25.0 Å². The van der Waals surface area contributed by atoms with Crippen LogP contribution < -0.4 is 11.1 Å². The summed E-state index contributed by atoms with van der Waals surface area (Å²) in [5.41, 5.74) is 6.31. The number of aliphatic hydroxyl groups is 1. The summed E-state index contributed by atoms with van der Waals surface area (Å²) >= 11 is 4.87. The van der Waals surface area contributed by atoms with Gasteiger partial charge in [-0.3, -0.25) is 9.69 Å². The van der Waals surface area contributed by atoms with Crippen LogP contribution in [-0.4, -0.2) is 46.1 Å². The lowest BCUT2D eigenvalue weighted by Crippen LogP contribution is -2.35. The molecule has 1 aromatic carbocycles. The number of rotatable bonds is 4. The SMILES string of the molecule is CC1(O)CCN(CC(=O)Nc2ccc(C(N)=S)cc2)C1. The van der Waals surface area contributed by atoms with Gasteiger partial charge in [-0.15, -0.1) is 0 Å². The number of amides is 1. The molecular weight excluding hydrogens is 274 g/mol. The number of nitrogens with zero attached hydrogens (tertiary/aromatic N) is 1. The van der Waals surface area contributed by atoms with Crippen LogP contribution in [0.15, 0.2) is 24.3 Å². The average Bonchev–Trinajstić information content (AvgIpc) is 2.69. The fourth-order valence-corrected chi connectivity index (χ4v) is 2.43. The molecule has 6 heteroatoms. The molecule has 0 spiro atoms. The highest BCUT2D eigenvalue weighted by Gasteiger charge is 2.31. The van der Waals surface area contributed by atoms with E-state index in [1.165, 1.54) is 0 Å². The molecule has 1 aliphatic heterocycles. The Morgan fingerprint density at radius 1 is 1.50 bits per heavy atom. The first kappa shape index (κ1) is 14.9. The van der Waals surface area contributed by atoms with Crippen LogP contribution in [0.4, 0.5) is 5.69 Å². The van der Waals surface area contributed by atoms with E-state index in [2.05, 4.69) is 5.32 Å². The van der Waals surface area contributed by atoms with Gasteiger partial charge in [-0.2, -0.15) is 0 Å². The van der Waals surface area contributed by atoms with Crippen LogP contribution in [0.2, 0.25) is 0 Å². The lowest BCUT2D eigenvalue weighted by Gasteiger charge is -2.18. The molecule has 0 aromatic heterocycles. The van der Waals surface area contributed by atoms with Gasteiger partial charge in [0, 0.05) is 24.3 Å². The highest BCUT2D eigenvalue weighted by Crippen LogP contribution is 2.19. The van der Waals surface area contributed by atoms with Gasteiger partial charge in [-0.25, -0.2) is 0 Å². The smallest absolute Gasteiger partial charge is 0.238 e. The normalized spacial score (nSPS) is 22.7. The van der Waals surface area contributed by atoms with Crippen LogP contribution in [0.25, 0.3) is 0 Å². The summed E-state index contributed by atoms with van der Waals surface area (Å²) in [6.45, 7) is 3.34. The fourth-order valence-electron chi connectivity index (χ4n) is 2.30.